The molecule has 0 amide bonds. The molecular formula is C15H15. The van der Waals surface area contributed by atoms with Gasteiger partial charge in [-0.25, -0.2) is 0 Å². The van der Waals surface area contributed by atoms with Crippen LogP contribution >= 0.6 is 0 Å². The van der Waals surface area contributed by atoms with Gasteiger partial charge >= 0.3 is 0 Å². The van der Waals surface area contributed by atoms with Crippen molar-refractivity contribution >= 4 is 0 Å². The maximum absolute atomic E-state index is 3.26. The Hall–Kier alpha value is -1.56. The summed E-state index contributed by atoms with van der Waals surface area (Å²) in [4.78, 5) is 0. The standard InChI is InChI=1S/C15H15/c1-12-8-9-13(2)15(10-12)11-14-6-4-3-5-7-14/h3-6,8-10H,11H2,1-2H3. The summed E-state index contributed by atoms with van der Waals surface area (Å²) in [6.07, 6.45) is 0.981. The summed E-state index contributed by atoms with van der Waals surface area (Å²) in [5.74, 6) is 0. The van der Waals surface area contributed by atoms with E-state index in [1.54, 1.807) is 0 Å². The van der Waals surface area contributed by atoms with Crippen LogP contribution in [0.2, 0.25) is 0 Å². The molecule has 0 aliphatic heterocycles. The fraction of sp³-hybridized carbons (Fsp3) is 0.200. The summed E-state index contributed by atoms with van der Waals surface area (Å²) in [5.41, 5.74) is 5.34. The fourth-order valence-electron chi connectivity index (χ4n) is 1.74. The maximum Gasteiger partial charge on any atom is -0.00169 e. The van der Waals surface area contributed by atoms with Gasteiger partial charge in [0.2, 0.25) is 0 Å². The van der Waals surface area contributed by atoms with Gasteiger partial charge in [0.1, 0.15) is 0 Å². The van der Waals surface area contributed by atoms with Gasteiger partial charge in [0.25, 0.3) is 0 Å². The van der Waals surface area contributed by atoms with Crippen LogP contribution in [0.15, 0.2) is 42.5 Å². The third-order valence-electron chi connectivity index (χ3n) is 2.66. The zero-order valence-electron chi connectivity index (χ0n) is 9.25. The summed E-state index contributed by atoms with van der Waals surface area (Å²) in [7, 11) is 0. The lowest BCUT2D eigenvalue weighted by atomic mass is 9.99. The second kappa shape index (κ2) is 4.31. The SMILES string of the molecule is Cc1ccc(C)c(Cc2[c]cccc2)c1. The maximum atomic E-state index is 3.26. The predicted molar refractivity (Wildman–Crippen MR) is 64.0 cm³/mol. The van der Waals surface area contributed by atoms with Gasteiger partial charge in [-0.1, -0.05) is 48.0 Å². The van der Waals surface area contributed by atoms with Crippen LogP contribution in [0.1, 0.15) is 22.3 Å². The van der Waals surface area contributed by atoms with Crippen LogP contribution < -0.4 is 0 Å². The molecule has 0 spiro atoms. The summed E-state index contributed by atoms with van der Waals surface area (Å²) in [6.45, 7) is 4.30. The minimum Gasteiger partial charge on any atom is -0.0619 e. The average Bonchev–Trinajstić information content (AvgIpc) is 2.25. The van der Waals surface area contributed by atoms with Crippen LogP contribution in [0, 0.1) is 19.9 Å². The molecule has 2 aromatic carbocycles. The molecule has 75 valence electrons. The van der Waals surface area contributed by atoms with E-state index in [1.807, 2.05) is 12.1 Å². The monoisotopic (exact) mass is 195 g/mol. The van der Waals surface area contributed by atoms with E-state index in [0.717, 1.165) is 6.42 Å². The molecule has 0 nitrogen and oxygen atoms in total. The van der Waals surface area contributed by atoms with Crippen molar-refractivity contribution in [3.05, 3.63) is 70.8 Å². The average molecular weight is 195 g/mol. The second-order valence-corrected chi connectivity index (χ2v) is 3.99. The molecule has 0 atom stereocenters. The van der Waals surface area contributed by atoms with Gasteiger partial charge in [-0.05, 0) is 43.0 Å². The van der Waals surface area contributed by atoms with E-state index in [-0.39, 0.29) is 0 Å². The smallest absolute Gasteiger partial charge is 0.00169 e. The highest BCUT2D eigenvalue weighted by Gasteiger charge is 2.00. The van der Waals surface area contributed by atoms with Gasteiger partial charge in [0.15, 0.2) is 0 Å². The number of hydrogen-bond acceptors (Lipinski definition) is 0. The lowest BCUT2D eigenvalue weighted by Gasteiger charge is -2.06. The van der Waals surface area contributed by atoms with Crippen LogP contribution in [-0.4, -0.2) is 0 Å². The Morgan fingerprint density at radius 3 is 2.67 bits per heavy atom. The Kier molecular flexibility index (Phi) is 2.86. The minimum atomic E-state index is 0.981. The summed E-state index contributed by atoms with van der Waals surface area (Å²) in [5, 5.41) is 0. The number of benzene rings is 2. The topological polar surface area (TPSA) is 0 Å². The zero-order valence-corrected chi connectivity index (χ0v) is 9.25. The Balaban J connectivity index is 2.28. The third-order valence-corrected chi connectivity index (χ3v) is 2.66. The van der Waals surface area contributed by atoms with Crippen molar-refractivity contribution in [2.45, 2.75) is 20.3 Å². The van der Waals surface area contributed by atoms with Gasteiger partial charge < -0.3 is 0 Å². The molecule has 0 N–H and O–H groups in total. The first-order chi connectivity index (χ1) is 7.25. The zero-order chi connectivity index (χ0) is 10.7. The molecule has 2 rings (SSSR count). The molecule has 1 radical (unpaired) electrons. The molecule has 0 fully saturated rings. The van der Waals surface area contributed by atoms with Crippen molar-refractivity contribution < 1.29 is 0 Å². The van der Waals surface area contributed by atoms with Crippen molar-refractivity contribution in [1.82, 2.24) is 0 Å². The molecule has 0 saturated carbocycles. The molecule has 0 aliphatic carbocycles. The van der Waals surface area contributed by atoms with E-state index >= 15 is 0 Å². The van der Waals surface area contributed by atoms with Crippen LogP contribution in [0.5, 0.6) is 0 Å². The molecule has 0 heteroatoms. The van der Waals surface area contributed by atoms with E-state index in [0.29, 0.717) is 0 Å². The van der Waals surface area contributed by atoms with Crippen LogP contribution in [-0.2, 0) is 6.42 Å². The van der Waals surface area contributed by atoms with E-state index in [4.69, 9.17) is 0 Å². The van der Waals surface area contributed by atoms with Crippen molar-refractivity contribution in [2.75, 3.05) is 0 Å². The molecule has 15 heavy (non-hydrogen) atoms. The van der Waals surface area contributed by atoms with Crippen molar-refractivity contribution in [3.8, 4) is 0 Å². The highest BCUT2D eigenvalue weighted by molar-refractivity contribution is 5.34. The van der Waals surface area contributed by atoms with Gasteiger partial charge in [-0.3, -0.25) is 0 Å². The Bertz CT molecular complexity index is 441. The lowest BCUT2D eigenvalue weighted by molar-refractivity contribution is 1.14. The highest BCUT2D eigenvalue weighted by Crippen LogP contribution is 2.15. The highest BCUT2D eigenvalue weighted by atomic mass is 14.0. The van der Waals surface area contributed by atoms with Crippen LogP contribution in [0.25, 0.3) is 0 Å². The quantitative estimate of drug-likeness (QED) is 0.685. The molecule has 0 saturated heterocycles. The van der Waals surface area contributed by atoms with Crippen molar-refractivity contribution in [1.29, 1.82) is 0 Å². The first-order valence-corrected chi connectivity index (χ1v) is 5.27. The lowest BCUT2D eigenvalue weighted by Crippen LogP contribution is -1.92. The fourth-order valence-corrected chi connectivity index (χ4v) is 1.74. The second-order valence-electron chi connectivity index (χ2n) is 3.99. The van der Waals surface area contributed by atoms with Crippen LogP contribution in [0.4, 0.5) is 0 Å². The van der Waals surface area contributed by atoms with Crippen LogP contribution in [0.3, 0.4) is 0 Å². The van der Waals surface area contributed by atoms with E-state index < -0.39 is 0 Å². The number of hydrogen-bond donors (Lipinski definition) is 0. The normalized spacial score (nSPS) is 10.3. The first-order valence-electron chi connectivity index (χ1n) is 5.27. The van der Waals surface area contributed by atoms with Crippen molar-refractivity contribution in [2.24, 2.45) is 0 Å². The van der Waals surface area contributed by atoms with E-state index in [2.05, 4.69) is 50.2 Å². The van der Waals surface area contributed by atoms with E-state index in [9.17, 15) is 0 Å². The van der Waals surface area contributed by atoms with Gasteiger partial charge in [0, 0.05) is 0 Å². The molecular weight excluding hydrogens is 180 g/mol. The third kappa shape index (κ3) is 2.47. The predicted octanol–water partition coefficient (Wildman–Crippen LogP) is 3.69. The number of rotatable bonds is 2. The van der Waals surface area contributed by atoms with E-state index in [1.165, 1.54) is 22.3 Å². The van der Waals surface area contributed by atoms with Gasteiger partial charge in [-0.2, -0.15) is 0 Å². The first kappa shape index (κ1) is 9.97. The Morgan fingerprint density at radius 2 is 1.93 bits per heavy atom. The molecule has 0 heterocycles. The molecule has 0 aromatic heterocycles. The Morgan fingerprint density at radius 1 is 1.07 bits per heavy atom. The summed E-state index contributed by atoms with van der Waals surface area (Å²) >= 11 is 0. The van der Waals surface area contributed by atoms with Crippen molar-refractivity contribution in [3.63, 3.8) is 0 Å². The van der Waals surface area contributed by atoms with Gasteiger partial charge in [-0.15, -0.1) is 0 Å². The summed E-state index contributed by atoms with van der Waals surface area (Å²) in [6, 6.07) is 18.0. The molecule has 2 aromatic rings. The largest absolute Gasteiger partial charge is 0.0619 e. The number of aryl methyl sites for hydroxylation is 2. The summed E-state index contributed by atoms with van der Waals surface area (Å²) < 4.78 is 0. The molecule has 0 unspecified atom stereocenters. The Labute approximate surface area is 91.6 Å². The molecule has 0 aliphatic rings. The minimum absolute atomic E-state index is 0.981. The molecule has 0 bridgehead atoms. The van der Waals surface area contributed by atoms with Gasteiger partial charge in [0.05, 0.1) is 0 Å².